The van der Waals surface area contributed by atoms with Crippen LogP contribution in [0.15, 0.2) is 77.8 Å². The van der Waals surface area contributed by atoms with Crippen LogP contribution in [0, 0.1) is 5.82 Å². The topological polar surface area (TPSA) is 152 Å². The summed E-state index contributed by atoms with van der Waals surface area (Å²) < 4.78 is 78.2. The second-order valence-corrected chi connectivity index (χ2v) is 13.2. The number of hydrogen-bond donors (Lipinski definition) is 3. The van der Waals surface area contributed by atoms with Crippen LogP contribution in [0.25, 0.3) is 10.8 Å². The Bertz CT molecular complexity index is 1900. The maximum Gasteiger partial charge on any atom is 0.490 e. The number of rotatable bonds is 10. The smallest absolute Gasteiger partial charge is 0.490 e. The highest BCUT2D eigenvalue weighted by molar-refractivity contribution is 7.92. The van der Waals surface area contributed by atoms with E-state index in [1.807, 2.05) is 18.2 Å². The fourth-order valence-electron chi connectivity index (χ4n) is 5.04. The number of carbonyl (C=O) groups excluding carboxylic acids is 1. The average molecular weight is 691 g/mol. The number of likely N-dealkylation sites (N-methyl/N-ethyl adjacent to an activating group) is 1. The number of benzene rings is 3. The molecule has 0 bridgehead atoms. The van der Waals surface area contributed by atoms with Gasteiger partial charge in [0, 0.05) is 30.9 Å². The SMILES string of the molecule is CCOc1cc(C(Nc2ccc3c(N)nccc3c2)C(=O)N(C)Cc2ccccc2S(=O)(=O)C2CCC2)ccc1F.O=C(O)C(F)(F)F. The van der Waals surface area contributed by atoms with Gasteiger partial charge in [0.15, 0.2) is 21.4 Å². The molecule has 0 spiro atoms. The first-order valence-electron chi connectivity index (χ1n) is 14.8. The number of nitrogen functional groups attached to an aromatic ring is 1. The molecule has 256 valence electrons. The van der Waals surface area contributed by atoms with Gasteiger partial charge in [-0.2, -0.15) is 13.2 Å². The van der Waals surface area contributed by atoms with Gasteiger partial charge in [-0.15, -0.1) is 0 Å². The zero-order valence-corrected chi connectivity index (χ0v) is 26.8. The van der Waals surface area contributed by atoms with Gasteiger partial charge in [0.1, 0.15) is 11.9 Å². The number of carbonyl (C=O) groups is 2. The quantitative estimate of drug-likeness (QED) is 0.167. The largest absolute Gasteiger partial charge is 0.491 e. The number of sulfone groups is 1. The number of carboxylic acid groups (broad SMARTS) is 1. The van der Waals surface area contributed by atoms with Crippen LogP contribution in [0.5, 0.6) is 5.75 Å². The molecule has 3 aromatic carbocycles. The highest BCUT2D eigenvalue weighted by Gasteiger charge is 2.38. The number of fused-ring (bicyclic) bond motifs is 1. The molecule has 1 fully saturated rings. The van der Waals surface area contributed by atoms with E-state index >= 15 is 0 Å². The molecule has 4 aromatic rings. The lowest BCUT2D eigenvalue weighted by Crippen LogP contribution is -2.36. The van der Waals surface area contributed by atoms with Gasteiger partial charge in [-0.1, -0.05) is 30.7 Å². The van der Waals surface area contributed by atoms with Gasteiger partial charge in [0.25, 0.3) is 0 Å². The monoisotopic (exact) mass is 690 g/mol. The van der Waals surface area contributed by atoms with Crippen LogP contribution in [-0.4, -0.2) is 60.4 Å². The van der Waals surface area contributed by atoms with E-state index < -0.39 is 33.8 Å². The zero-order valence-electron chi connectivity index (χ0n) is 26.0. The minimum Gasteiger partial charge on any atom is -0.491 e. The van der Waals surface area contributed by atoms with Crippen LogP contribution in [0.2, 0.25) is 0 Å². The third kappa shape index (κ3) is 8.32. The lowest BCUT2D eigenvalue weighted by molar-refractivity contribution is -0.192. The lowest BCUT2D eigenvalue weighted by Gasteiger charge is -2.29. The molecular weight excluding hydrogens is 656 g/mol. The Kier molecular flexibility index (Phi) is 11.1. The Labute approximate surface area is 274 Å². The molecule has 0 aliphatic heterocycles. The first-order chi connectivity index (χ1) is 22.6. The number of nitrogens with zero attached hydrogens (tertiary/aromatic N) is 2. The second-order valence-electron chi connectivity index (χ2n) is 11.0. The van der Waals surface area contributed by atoms with Crippen molar-refractivity contribution < 1.29 is 45.4 Å². The van der Waals surface area contributed by atoms with Crippen molar-refractivity contribution in [2.45, 2.75) is 55.1 Å². The van der Waals surface area contributed by atoms with Crippen LogP contribution in [0.1, 0.15) is 43.4 Å². The Hall–Kier alpha value is -4.92. The number of ether oxygens (including phenoxy) is 1. The summed E-state index contributed by atoms with van der Waals surface area (Å²) in [7, 11) is -1.86. The van der Waals surface area contributed by atoms with Gasteiger partial charge in [-0.05, 0) is 78.7 Å². The Balaban J connectivity index is 0.000000671. The number of nitrogens with two attached hydrogens (primary N) is 1. The van der Waals surface area contributed by atoms with Crippen LogP contribution >= 0.6 is 0 Å². The van der Waals surface area contributed by atoms with Crippen molar-refractivity contribution in [1.29, 1.82) is 0 Å². The number of aromatic nitrogens is 1. The molecule has 10 nitrogen and oxygen atoms in total. The molecule has 1 aromatic heterocycles. The Morgan fingerprint density at radius 1 is 1.10 bits per heavy atom. The van der Waals surface area contributed by atoms with Crippen LogP contribution in [0.4, 0.5) is 29.1 Å². The summed E-state index contributed by atoms with van der Waals surface area (Å²) in [5, 5.41) is 11.7. The van der Waals surface area contributed by atoms with Gasteiger partial charge >= 0.3 is 12.1 Å². The first-order valence-corrected chi connectivity index (χ1v) is 16.4. The lowest BCUT2D eigenvalue weighted by atomic mass is 10.00. The highest BCUT2D eigenvalue weighted by atomic mass is 32.2. The molecule has 4 N–H and O–H groups in total. The van der Waals surface area contributed by atoms with Crippen molar-refractivity contribution >= 4 is 44.0 Å². The molecule has 15 heteroatoms. The van der Waals surface area contributed by atoms with E-state index in [1.165, 1.54) is 17.0 Å². The molecule has 1 unspecified atom stereocenters. The number of pyridine rings is 1. The fraction of sp³-hybridized carbons (Fsp3) is 0.303. The number of anilines is 2. The van der Waals surface area contributed by atoms with Crippen LogP contribution < -0.4 is 15.8 Å². The van der Waals surface area contributed by atoms with Crippen molar-refractivity contribution in [3.8, 4) is 5.75 Å². The van der Waals surface area contributed by atoms with E-state index in [0.717, 1.165) is 17.2 Å². The zero-order chi connectivity index (χ0) is 35.2. The van der Waals surface area contributed by atoms with Crippen molar-refractivity contribution in [2.75, 3.05) is 24.7 Å². The fourth-order valence-corrected chi connectivity index (χ4v) is 7.12. The maximum atomic E-state index is 14.4. The summed E-state index contributed by atoms with van der Waals surface area (Å²) >= 11 is 0. The van der Waals surface area contributed by atoms with Crippen LogP contribution in [-0.2, 0) is 26.0 Å². The van der Waals surface area contributed by atoms with Crippen molar-refractivity contribution in [2.24, 2.45) is 0 Å². The Morgan fingerprint density at radius 2 is 1.79 bits per heavy atom. The molecule has 5 rings (SSSR count). The second kappa shape index (κ2) is 14.9. The molecule has 1 saturated carbocycles. The molecular formula is C33H34F4N4O6S. The minimum atomic E-state index is -5.08. The number of nitrogens with one attached hydrogen (secondary N) is 1. The van der Waals surface area contributed by atoms with E-state index in [2.05, 4.69) is 10.3 Å². The third-order valence-corrected chi connectivity index (χ3v) is 10.1. The number of aliphatic carboxylic acids is 1. The highest BCUT2D eigenvalue weighted by Crippen LogP contribution is 2.34. The van der Waals surface area contributed by atoms with Crippen molar-refractivity contribution in [1.82, 2.24) is 9.88 Å². The summed E-state index contributed by atoms with van der Waals surface area (Å²) in [4.78, 5) is 28.8. The van der Waals surface area contributed by atoms with Crippen LogP contribution in [0.3, 0.4) is 0 Å². The standard InChI is InChI=1S/C31H33FN4O4S.C2HF3O2/c1-3-40-27-18-21(11-14-26(27)32)29(35-23-12-13-25-20(17-23)15-16-34-30(25)33)31(37)36(2)19-22-7-4-5-10-28(22)41(38,39)24-8-6-9-24;3-2(4,5)1(6)7/h4-5,7,10-18,24,29,35H,3,6,8-9,19H2,1-2H3,(H2,33,34);(H,6,7). The number of carboxylic acids is 1. The summed E-state index contributed by atoms with van der Waals surface area (Å²) in [6, 6.07) is 17.5. The van der Waals surface area contributed by atoms with E-state index in [0.29, 0.717) is 35.5 Å². The van der Waals surface area contributed by atoms with Crippen molar-refractivity contribution in [3.05, 3.63) is 89.9 Å². The molecule has 1 atom stereocenters. The predicted molar refractivity (Wildman–Crippen MR) is 172 cm³/mol. The summed E-state index contributed by atoms with van der Waals surface area (Å²) in [5.74, 6) is -3.17. The van der Waals surface area contributed by atoms with E-state index in [4.69, 9.17) is 20.4 Å². The number of hydrogen-bond acceptors (Lipinski definition) is 8. The number of halogens is 4. The molecule has 0 saturated heterocycles. The van der Waals surface area contributed by atoms with Gasteiger partial charge in [0.05, 0.1) is 16.8 Å². The average Bonchev–Trinajstić information content (AvgIpc) is 3.00. The number of alkyl halides is 3. The van der Waals surface area contributed by atoms with Gasteiger partial charge in [0.2, 0.25) is 5.91 Å². The normalized spacial score (nSPS) is 13.9. The third-order valence-electron chi connectivity index (χ3n) is 7.74. The molecule has 48 heavy (non-hydrogen) atoms. The maximum absolute atomic E-state index is 14.4. The summed E-state index contributed by atoms with van der Waals surface area (Å²) in [5.41, 5.74) is 7.70. The predicted octanol–water partition coefficient (Wildman–Crippen LogP) is 6.13. The molecule has 1 heterocycles. The summed E-state index contributed by atoms with van der Waals surface area (Å²) in [6.45, 7) is 2.10. The summed E-state index contributed by atoms with van der Waals surface area (Å²) in [6.07, 6.45) is -1.27. The first kappa shape index (κ1) is 35.9. The van der Waals surface area contributed by atoms with E-state index in [1.54, 1.807) is 56.6 Å². The molecule has 0 radical (unpaired) electrons. The van der Waals surface area contributed by atoms with Crippen molar-refractivity contribution in [3.63, 3.8) is 0 Å². The minimum absolute atomic E-state index is 0.0431. The van der Waals surface area contributed by atoms with E-state index in [9.17, 15) is 30.8 Å². The van der Waals surface area contributed by atoms with E-state index in [-0.39, 0.29) is 35.0 Å². The molecule has 1 aliphatic carbocycles. The molecule has 1 amide bonds. The van der Waals surface area contributed by atoms with Gasteiger partial charge in [-0.3, -0.25) is 4.79 Å². The molecule has 1 aliphatic rings. The van der Waals surface area contributed by atoms with Gasteiger partial charge < -0.3 is 25.8 Å². The Morgan fingerprint density at radius 3 is 2.42 bits per heavy atom. The number of amides is 1. The van der Waals surface area contributed by atoms with Gasteiger partial charge in [-0.25, -0.2) is 22.6 Å².